The average molecular weight is 410 g/mol. The minimum atomic E-state index is 0.629. The molecule has 1 fully saturated rings. The molecule has 6 rings (SSSR count). The molecule has 154 valence electrons. The number of benzene rings is 2. The van der Waals surface area contributed by atoms with E-state index >= 15 is 0 Å². The van der Waals surface area contributed by atoms with E-state index in [2.05, 4.69) is 42.8 Å². The van der Waals surface area contributed by atoms with Gasteiger partial charge in [0.05, 0.1) is 13.1 Å². The van der Waals surface area contributed by atoms with Crippen LogP contribution >= 0.6 is 0 Å². The van der Waals surface area contributed by atoms with Gasteiger partial charge >= 0.3 is 0 Å². The molecule has 1 aliphatic carbocycles. The molecule has 0 bridgehead atoms. The molecule has 4 aromatic rings. The zero-order chi connectivity index (χ0) is 20.6. The summed E-state index contributed by atoms with van der Waals surface area (Å²) >= 11 is 0. The van der Waals surface area contributed by atoms with Crippen LogP contribution in [-0.2, 0) is 6.54 Å². The topological polar surface area (TPSA) is 71.3 Å². The highest BCUT2D eigenvalue weighted by Gasteiger charge is 2.26. The van der Waals surface area contributed by atoms with Gasteiger partial charge in [-0.3, -0.25) is 9.67 Å². The van der Waals surface area contributed by atoms with E-state index in [0.717, 1.165) is 41.2 Å². The fourth-order valence-corrected chi connectivity index (χ4v) is 3.90. The van der Waals surface area contributed by atoms with Crippen LogP contribution in [0.4, 0.5) is 11.5 Å². The lowest BCUT2D eigenvalue weighted by molar-refractivity contribution is 0.482. The van der Waals surface area contributed by atoms with Crippen LogP contribution in [0.5, 0.6) is 11.5 Å². The molecule has 2 aromatic heterocycles. The summed E-state index contributed by atoms with van der Waals surface area (Å²) in [5.74, 6) is 4.88. The summed E-state index contributed by atoms with van der Waals surface area (Å²) in [4.78, 5) is 11.6. The maximum absolute atomic E-state index is 5.92. The van der Waals surface area contributed by atoms with Crippen molar-refractivity contribution in [3.8, 4) is 11.5 Å². The number of para-hydroxylation sites is 1. The summed E-state index contributed by atoms with van der Waals surface area (Å²) in [7, 11) is 0. The Bertz CT molecular complexity index is 1220. The van der Waals surface area contributed by atoms with Crippen LogP contribution in [0.1, 0.15) is 30.3 Å². The number of nitrogens with one attached hydrogen (secondary N) is 1. The van der Waals surface area contributed by atoms with Crippen LogP contribution < -0.4 is 9.64 Å². The number of aliphatic imine (C=N–C) groups is 1. The van der Waals surface area contributed by atoms with Gasteiger partial charge in [-0.25, -0.2) is 9.98 Å². The molecule has 0 spiro atoms. The van der Waals surface area contributed by atoms with E-state index in [-0.39, 0.29) is 0 Å². The minimum absolute atomic E-state index is 0.629. The first-order valence-corrected chi connectivity index (χ1v) is 10.6. The lowest BCUT2D eigenvalue weighted by Crippen LogP contribution is -2.39. The number of hydrogen-bond acceptors (Lipinski definition) is 5. The molecule has 7 nitrogen and oxygen atoms in total. The highest BCUT2D eigenvalue weighted by molar-refractivity contribution is 5.92. The summed E-state index contributed by atoms with van der Waals surface area (Å²) in [6.45, 7) is 1.40. The molecule has 1 aliphatic heterocycles. The standard InChI is InChI=1S/C24H22N6O/c1-2-4-19(5-3-1)31-20-10-8-18(9-11-20)29-15-23-25-12-13-30(23)24(16-29)26-22-14-21(27-28-22)17-6-7-17/h1-5,8-14,17H,6-7,15-16H2,(H,27,28). The van der Waals surface area contributed by atoms with Gasteiger partial charge in [0.2, 0.25) is 0 Å². The summed E-state index contributed by atoms with van der Waals surface area (Å²) in [6.07, 6.45) is 6.27. The maximum atomic E-state index is 5.92. The molecule has 3 heterocycles. The Hall–Kier alpha value is -3.87. The molecular formula is C24H22N6O. The van der Waals surface area contributed by atoms with E-state index in [4.69, 9.17) is 9.73 Å². The van der Waals surface area contributed by atoms with Gasteiger partial charge in [0.1, 0.15) is 23.2 Å². The van der Waals surface area contributed by atoms with Gasteiger partial charge in [-0.05, 0) is 49.2 Å². The predicted octanol–water partition coefficient (Wildman–Crippen LogP) is 4.87. The van der Waals surface area contributed by atoms with Crippen LogP contribution in [0.2, 0.25) is 0 Å². The Morgan fingerprint density at radius 1 is 0.968 bits per heavy atom. The number of imidazole rings is 1. The third-order valence-corrected chi connectivity index (χ3v) is 5.69. The van der Waals surface area contributed by atoms with Gasteiger partial charge in [-0.2, -0.15) is 5.10 Å². The molecule has 2 aromatic carbocycles. The summed E-state index contributed by atoms with van der Waals surface area (Å²) in [5.41, 5.74) is 2.29. The number of hydrogen-bond donors (Lipinski definition) is 1. The number of anilines is 1. The highest BCUT2D eigenvalue weighted by Crippen LogP contribution is 2.39. The SMILES string of the molecule is c1ccc(Oc2ccc(N3CC(=Nc4cc(C5CC5)[nH]n4)n4ccnc4C3)cc2)cc1. The van der Waals surface area contributed by atoms with Crippen molar-refractivity contribution in [1.82, 2.24) is 19.7 Å². The van der Waals surface area contributed by atoms with Crippen molar-refractivity contribution in [2.75, 3.05) is 11.4 Å². The van der Waals surface area contributed by atoms with Crippen molar-refractivity contribution in [2.45, 2.75) is 25.3 Å². The molecule has 0 atom stereocenters. The van der Waals surface area contributed by atoms with E-state index in [9.17, 15) is 0 Å². The summed E-state index contributed by atoms with van der Waals surface area (Å²) < 4.78 is 7.99. The third-order valence-electron chi connectivity index (χ3n) is 5.69. The fourth-order valence-electron chi connectivity index (χ4n) is 3.90. The number of ether oxygens (including phenoxy) is 1. The van der Waals surface area contributed by atoms with Gasteiger partial charge in [0, 0.05) is 35.8 Å². The van der Waals surface area contributed by atoms with Crippen molar-refractivity contribution in [1.29, 1.82) is 0 Å². The van der Waals surface area contributed by atoms with Crippen molar-refractivity contribution in [2.24, 2.45) is 4.99 Å². The fraction of sp³-hybridized carbons (Fsp3) is 0.208. The molecule has 1 N–H and O–H groups in total. The van der Waals surface area contributed by atoms with Gasteiger partial charge in [-0.1, -0.05) is 18.2 Å². The molecule has 0 unspecified atom stereocenters. The van der Waals surface area contributed by atoms with Crippen LogP contribution in [-0.4, -0.2) is 32.1 Å². The first-order valence-electron chi connectivity index (χ1n) is 10.6. The lowest BCUT2D eigenvalue weighted by Gasteiger charge is -2.30. The van der Waals surface area contributed by atoms with Crippen LogP contribution in [0.25, 0.3) is 0 Å². The number of fused-ring (bicyclic) bond motifs is 1. The zero-order valence-corrected chi connectivity index (χ0v) is 17.0. The van der Waals surface area contributed by atoms with Crippen molar-refractivity contribution in [3.63, 3.8) is 0 Å². The Morgan fingerprint density at radius 2 is 1.77 bits per heavy atom. The molecule has 0 radical (unpaired) electrons. The Balaban J connectivity index is 1.24. The molecule has 31 heavy (non-hydrogen) atoms. The predicted molar refractivity (Wildman–Crippen MR) is 119 cm³/mol. The second-order valence-electron chi connectivity index (χ2n) is 7.96. The lowest BCUT2D eigenvalue weighted by atomic mass is 10.2. The molecule has 2 aliphatic rings. The molecule has 0 amide bonds. The second kappa shape index (κ2) is 7.43. The first-order chi connectivity index (χ1) is 15.3. The maximum Gasteiger partial charge on any atom is 0.175 e. The average Bonchev–Trinajstić information content (AvgIpc) is 3.35. The van der Waals surface area contributed by atoms with Crippen LogP contribution in [0, 0.1) is 0 Å². The number of nitrogens with zero attached hydrogens (tertiary/aromatic N) is 5. The number of aromatic nitrogens is 4. The smallest absolute Gasteiger partial charge is 0.175 e. The highest BCUT2D eigenvalue weighted by atomic mass is 16.5. The van der Waals surface area contributed by atoms with E-state index in [0.29, 0.717) is 12.5 Å². The Morgan fingerprint density at radius 3 is 2.58 bits per heavy atom. The largest absolute Gasteiger partial charge is 0.457 e. The molecule has 1 saturated carbocycles. The minimum Gasteiger partial charge on any atom is -0.457 e. The normalized spacial score (nSPS) is 17.0. The molecule has 0 saturated heterocycles. The molecular weight excluding hydrogens is 388 g/mol. The Labute approximate surface area is 180 Å². The zero-order valence-electron chi connectivity index (χ0n) is 17.0. The van der Waals surface area contributed by atoms with Crippen LogP contribution in [0.15, 0.2) is 78.0 Å². The first kappa shape index (κ1) is 17.9. The van der Waals surface area contributed by atoms with Crippen molar-refractivity contribution in [3.05, 3.63) is 84.6 Å². The van der Waals surface area contributed by atoms with Gasteiger partial charge in [-0.15, -0.1) is 0 Å². The third kappa shape index (κ3) is 3.70. The van der Waals surface area contributed by atoms with E-state index < -0.39 is 0 Å². The monoisotopic (exact) mass is 410 g/mol. The van der Waals surface area contributed by atoms with Gasteiger partial charge in [0.25, 0.3) is 0 Å². The van der Waals surface area contributed by atoms with Gasteiger partial charge < -0.3 is 9.64 Å². The van der Waals surface area contributed by atoms with Gasteiger partial charge in [0.15, 0.2) is 5.82 Å². The summed E-state index contributed by atoms with van der Waals surface area (Å²) in [6, 6.07) is 20.0. The van der Waals surface area contributed by atoms with Crippen molar-refractivity contribution >= 4 is 17.3 Å². The number of H-pyrrole nitrogens is 1. The Kier molecular flexibility index (Phi) is 4.30. The number of aromatic amines is 1. The van der Waals surface area contributed by atoms with E-state index in [1.165, 1.54) is 18.5 Å². The second-order valence-corrected chi connectivity index (χ2v) is 7.96. The van der Waals surface area contributed by atoms with E-state index in [1.807, 2.05) is 54.9 Å². The number of rotatable bonds is 5. The van der Waals surface area contributed by atoms with Crippen molar-refractivity contribution < 1.29 is 4.74 Å². The molecule has 7 heteroatoms. The summed E-state index contributed by atoms with van der Waals surface area (Å²) in [5, 5.41) is 7.53. The van der Waals surface area contributed by atoms with Crippen LogP contribution in [0.3, 0.4) is 0 Å². The van der Waals surface area contributed by atoms with E-state index in [1.54, 1.807) is 0 Å². The quantitative estimate of drug-likeness (QED) is 0.509.